The minimum Gasteiger partial charge on any atom is -0.508 e. The van der Waals surface area contributed by atoms with E-state index in [0.717, 1.165) is 12.0 Å². The van der Waals surface area contributed by atoms with E-state index in [0.29, 0.717) is 30.4 Å². The third kappa shape index (κ3) is 5.69. The highest BCUT2D eigenvalue weighted by atomic mass is 16.7. The molecule has 2 rings (SSSR count). The molecule has 0 bridgehead atoms. The molecule has 0 saturated carbocycles. The van der Waals surface area contributed by atoms with E-state index in [9.17, 15) is 15.0 Å². The predicted octanol–water partition coefficient (Wildman–Crippen LogP) is 2.80. The van der Waals surface area contributed by atoms with Crippen LogP contribution in [0.4, 0.5) is 0 Å². The van der Waals surface area contributed by atoms with Crippen LogP contribution >= 0.6 is 0 Å². The molecular formula is C22H28O7. The van der Waals surface area contributed by atoms with E-state index in [2.05, 4.69) is 0 Å². The summed E-state index contributed by atoms with van der Waals surface area (Å²) < 4.78 is 10.8. The molecule has 1 aliphatic heterocycles. The van der Waals surface area contributed by atoms with Crippen LogP contribution in [0.2, 0.25) is 0 Å². The first-order valence-electron chi connectivity index (χ1n) is 9.43. The number of hydrogen-bond donors (Lipinski definition) is 4. The van der Waals surface area contributed by atoms with Gasteiger partial charge in [0.1, 0.15) is 11.5 Å². The quantitative estimate of drug-likeness (QED) is 0.269. The van der Waals surface area contributed by atoms with Gasteiger partial charge in [-0.3, -0.25) is 0 Å². The Bertz CT molecular complexity index is 816. The van der Waals surface area contributed by atoms with Crippen LogP contribution in [0, 0.1) is 0 Å². The lowest BCUT2D eigenvalue weighted by molar-refractivity contribution is -0.193. The van der Waals surface area contributed by atoms with Crippen LogP contribution in [0.25, 0.3) is 0 Å². The zero-order valence-electron chi connectivity index (χ0n) is 16.7. The zero-order chi connectivity index (χ0) is 21.4. The molecule has 0 saturated heterocycles. The number of carbonyl (C=O) groups is 1. The van der Waals surface area contributed by atoms with Gasteiger partial charge < -0.3 is 29.9 Å². The van der Waals surface area contributed by atoms with Crippen LogP contribution in [0.3, 0.4) is 0 Å². The molecular weight excluding hydrogens is 376 g/mol. The molecule has 0 fully saturated rings. The molecule has 7 heteroatoms. The second-order valence-electron chi connectivity index (χ2n) is 6.94. The number of allylic oxidation sites excluding steroid dienone is 3. The highest BCUT2D eigenvalue weighted by Crippen LogP contribution is 2.42. The lowest BCUT2D eigenvalue weighted by Crippen LogP contribution is -2.27. The molecule has 1 atom stereocenters. The number of esters is 1. The summed E-state index contributed by atoms with van der Waals surface area (Å²) in [5.41, 5.74) is 2.32. The lowest BCUT2D eigenvalue weighted by Gasteiger charge is -2.25. The van der Waals surface area contributed by atoms with E-state index in [-0.39, 0.29) is 30.3 Å². The molecule has 1 aromatic rings. The average molecular weight is 404 g/mol. The number of carbonyl (C=O) groups excluding carboxylic acids is 1. The number of cyclic esters (lactones) is 1. The number of aromatic hydroxyl groups is 2. The number of rotatable bonds is 10. The van der Waals surface area contributed by atoms with Crippen molar-refractivity contribution < 1.29 is 34.7 Å². The van der Waals surface area contributed by atoms with Gasteiger partial charge in [0.15, 0.2) is 0 Å². The maximum absolute atomic E-state index is 12.3. The number of benzene rings is 1. The first-order chi connectivity index (χ1) is 13.8. The molecule has 1 unspecified atom stereocenters. The van der Waals surface area contributed by atoms with Crippen molar-refractivity contribution in [3.63, 3.8) is 0 Å². The highest BCUT2D eigenvalue weighted by Gasteiger charge is 2.43. The Morgan fingerprint density at radius 2 is 1.90 bits per heavy atom. The van der Waals surface area contributed by atoms with E-state index >= 15 is 0 Å². The highest BCUT2D eigenvalue weighted by molar-refractivity contribution is 5.91. The van der Waals surface area contributed by atoms with Crippen LogP contribution < -0.4 is 0 Å². The Morgan fingerprint density at radius 1 is 1.17 bits per heavy atom. The summed E-state index contributed by atoms with van der Waals surface area (Å²) >= 11 is 0. The number of phenols is 2. The summed E-state index contributed by atoms with van der Waals surface area (Å²) in [5, 5.41) is 37.9. The molecule has 0 aromatic heterocycles. The Kier molecular flexibility index (Phi) is 8.01. The lowest BCUT2D eigenvalue weighted by atomic mass is 10.0. The molecule has 0 radical (unpaired) electrons. The van der Waals surface area contributed by atoms with Gasteiger partial charge in [0.25, 0.3) is 5.79 Å². The number of phenolic OH excluding ortho intramolecular Hbond substituents is 2. The Hall–Kier alpha value is -2.61. The monoisotopic (exact) mass is 404 g/mol. The van der Waals surface area contributed by atoms with E-state index < -0.39 is 11.8 Å². The van der Waals surface area contributed by atoms with Crippen molar-refractivity contribution in [3.8, 4) is 11.5 Å². The molecule has 7 nitrogen and oxygen atoms in total. The van der Waals surface area contributed by atoms with Crippen molar-refractivity contribution in [3.05, 3.63) is 58.7 Å². The Morgan fingerprint density at radius 3 is 2.55 bits per heavy atom. The minimum atomic E-state index is -1.57. The van der Waals surface area contributed by atoms with Crippen molar-refractivity contribution in [2.75, 3.05) is 20.3 Å². The maximum atomic E-state index is 12.3. The number of methoxy groups -OCH3 is 1. The normalized spacial score (nSPS) is 19.1. The SMILES string of the molecule is COC1(c2cc(O)ccc2O)C=C(CC/C=C(\C)CCC=C(CO)CO)C(=O)O1. The Labute approximate surface area is 170 Å². The molecule has 0 amide bonds. The summed E-state index contributed by atoms with van der Waals surface area (Å²) in [4.78, 5) is 12.3. The van der Waals surface area contributed by atoms with E-state index in [1.807, 2.05) is 19.1 Å². The Balaban J connectivity index is 2.04. The second kappa shape index (κ2) is 10.2. The first kappa shape index (κ1) is 22.7. The second-order valence-corrected chi connectivity index (χ2v) is 6.94. The summed E-state index contributed by atoms with van der Waals surface area (Å²) in [5.74, 6) is -2.32. The molecule has 0 aliphatic carbocycles. The number of aliphatic hydroxyl groups is 2. The molecule has 1 heterocycles. The largest absolute Gasteiger partial charge is 0.508 e. The standard InChI is InChI=1S/C22H28O7/c1-15(5-3-7-16(13-23)14-24)6-4-8-17-12-22(28-2,29-21(17)27)19-11-18(25)9-10-20(19)26/h6-7,9-12,23-26H,3-5,8,13-14H2,1-2H3/b15-6+. The fourth-order valence-electron chi connectivity index (χ4n) is 3.10. The third-order valence-corrected chi connectivity index (χ3v) is 4.81. The van der Waals surface area contributed by atoms with Gasteiger partial charge in [0.2, 0.25) is 0 Å². The first-order valence-corrected chi connectivity index (χ1v) is 9.43. The van der Waals surface area contributed by atoms with Crippen molar-refractivity contribution in [2.24, 2.45) is 0 Å². The summed E-state index contributed by atoms with van der Waals surface area (Å²) in [7, 11) is 1.36. The molecule has 0 spiro atoms. The summed E-state index contributed by atoms with van der Waals surface area (Å²) in [6.45, 7) is 1.69. The number of hydrogen-bond acceptors (Lipinski definition) is 7. The maximum Gasteiger partial charge on any atom is 0.336 e. The zero-order valence-corrected chi connectivity index (χ0v) is 16.7. The molecule has 1 aromatic carbocycles. The van der Waals surface area contributed by atoms with E-state index in [4.69, 9.17) is 19.7 Å². The van der Waals surface area contributed by atoms with Gasteiger partial charge in [-0.25, -0.2) is 4.79 Å². The minimum absolute atomic E-state index is 0.0784. The van der Waals surface area contributed by atoms with Gasteiger partial charge in [0, 0.05) is 18.8 Å². The van der Waals surface area contributed by atoms with Gasteiger partial charge in [-0.05, 0) is 56.4 Å². The predicted molar refractivity (Wildman–Crippen MR) is 107 cm³/mol. The fourth-order valence-corrected chi connectivity index (χ4v) is 3.10. The summed E-state index contributed by atoms with van der Waals surface area (Å²) in [6, 6.07) is 3.94. The van der Waals surface area contributed by atoms with Gasteiger partial charge in [-0.15, -0.1) is 0 Å². The van der Waals surface area contributed by atoms with Crippen molar-refractivity contribution in [1.82, 2.24) is 0 Å². The van der Waals surface area contributed by atoms with Crippen LogP contribution in [0.15, 0.2) is 53.1 Å². The van der Waals surface area contributed by atoms with Crippen LogP contribution in [-0.2, 0) is 20.1 Å². The van der Waals surface area contributed by atoms with Crippen molar-refractivity contribution in [1.29, 1.82) is 0 Å². The topological polar surface area (TPSA) is 116 Å². The van der Waals surface area contributed by atoms with E-state index in [1.54, 1.807) is 0 Å². The van der Waals surface area contributed by atoms with Crippen molar-refractivity contribution >= 4 is 5.97 Å². The molecule has 4 N–H and O–H groups in total. The van der Waals surface area contributed by atoms with Gasteiger partial charge in [-0.1, -0.05) is 17.7 Å². The number of aliphatic hydroxyl groups excluding tert-OH is 2. The van der Waals surface area contributed by atoms with Gasteiger partial charge in [0.05, 0.1) is 18.8 Å². The molecule has 158 valence electrons. The number of ether oxygens (including phenoxy) is 2. The van der Waals surface area contributed by atoms with Crippen molar-refractivity contribution in [2.45, 2.75) is 38.4 Å². The molecule has 29 heavy (non-hydrogen) atoms. The molecule has 1 aliphatic rings. The van der Waals surface area contributed by atoms with Gasteiger partial charge >= 0.3 is 5.97 Å². The van der Waals surface area contributed by atoms with Crippen LogP contribution in [-0.4, -0.2) is 46.7 Å². The average Bonchev–Trinajstić information content (AvgIpc) is 3.04. The fraction of sp³-hybridized carbons (Fsp3) is 0.409. The summed E-state index contributed by atoms with van der Waals surface area (Å²) in [6.07, 6.45) is 7.94. The van der Waals surface area contributed by atoms with E-state index in [1.165, 1.54) is 31.4 Å². The van der Waals surface area contributed by atoms with Crippen LogP contribution in [0.1, 0.15) is 38.2 Å². The van der Waals surface area contributed by atoms with Crippen LogP contribution in [0.5, 0.6) is 11.5 Å². The van der Waals surface area contributed by atoms with Gasteiger partial charge in [-0.2, -0.15) is 0 Å². The smallest absolute Gasteiger partial charge is 0.336 e. The third-order valence-electron chi connectivity index (χ3n) is 4.81.